The molecule has 2 heterocycles. The number of hydrogen-bond donors (Lipinski definition) is 2. The van der Waals surface area contributed by atoms with Gasteiger partial charge in [0, 0.05) is 18.5 Å². The number of ether oxygens (including phenoxy) is 1. The molecule has 2 aromatic rings. The maximum absolute atomic E-state index is 14.8. The maximum Gasteiger partial charge on any atom is 0.357 e. The van der Waals surface area contributed by atoms with Gasteiger partial charge in [-0.25, -0.2) is 9.18 Å². The average Bonchev–Trinajstić information content (AvgIpc) is 3.31. The zero-order valence-electron chi connectivity index (χ0n) is 19.7. The van der Waals surface area contributed by atoms with Crippen LogP contribution >= 0.6 is 0 Å². The number of amides is 2. The molecule has 34 heavy (non-hydrogen) atoms. The van der Waals surface area contributed by atoms with Gasteiger partial charge in [0.05, 0.1) is 12.1 Å². The third-order valence-electron chi connectivity index (χ3n) is 6.93. The molecule has 1 saturated carbocycles. The van der Waals surface area contributed by atoms with E-state index in [1.54, 1.807) is 24.3 Å². The molecule has 0 radical (unpaired) electrons. The lowest BCUT2D eigenvalue weighted by atomic mass is 9.75. The Hall–Kier alpha value is -3.01. The van der Waals surface area contributed by atoms with Gasteiger partial charge in [0.15, 0.2) is 5.69 Å². The molecule has 2 amide bonds. The van der Waals surface area contributed by atoms with Crippen molar-refractivity contribution in [3.63, 3.8) is 0 Å². The average molecular weight is 475 g/mol. The molecule has 1 aliphatic heterocycles. The van der Waals surface area contributed by atoms with Gasteiger partial charge >= 0.3 is 5.97 Å². The number of carboxylic acids is 1. The Morgan fingerprint density at radius 3 is 2.71 bits per heavy atom. The Morgan fingerprint density at radius 1 is 1.29 bits per heavy atom. The van der Waals surface area contributed by atoms with E-state index in [1.807, 2.05) is 0 Å². The minimum atomic E-state index is -1.52. The summed E-state index contributed by atoms with van der Waals surface area (Å²) >= 11 is 0. The molecule has 1 aliphatic carbocycles. The van der Waals surface area contributed by atoms with Crippen LogP contribution in [-0.2, 0) is 20.9 Å². The number of aromatic carboxylic acids is 1. The van der Waals surface area contributed by atoms with Crippen molar-refractivity contribution < 1.29 is 28.6 Å². The minimum Gasteiger partial charge on any atom is -0.476 e. The molecule has 2 N–H and O–H groups in total. The van der Waals surface area contributed by atoms with E-state index < -0.39 is 36.1 Å². The highest BCUT2D eigenvalue weighted by Crippen LogP contribution is 2.35. The third-order valence-corrected chi connectivity index (χ3v) is 6.93. The van der Waals surface area contributed by atoms with E-state index in [4.69, 9.17) is 4.74 Å². The van der Waals surface area contributed by atoms with Crippen LogP contribution in [0.15, 0.2) is 24.3 Å². The third kappa shape index (κ3) is 4.64. The summed E-state index contributed by atoms with van der Waals surface area (Å²) in [6.45, 7) is 3.71. The second-order valence-electron chi connectivity index (χ2n) is 10.0. The lowest BCUT2D eigenvalue weighted by molar-refractivity contribution is -0.142. The Morgan fingerprint density at radius 2 is 2.03 bits per heavy atom. The topological polar surface area (TPSA) is 114 Å². The van der Waals surface area contributed by atoms with Crippen LogP contribution in [0.3, 0.4) is 0 Å². The number of carbonyl (C=O) groups is 3. The summed E-state index contributed by atoms with van der Waals surface area (Å²) in [7, 11) is 1.33. The van der Waals surface area contributed by atoms with E-state index in [0.717, 1.165) is 25.7 Å². The molecule has 4 rings (SSSR count). The molecule has 0 unspecified atom stereocenters. The number of carbonyl (C=O) groups excluding carboxylic acids is 2. The smallest absolute Gasteiger partial charge is 0.357 e. The summed E-state index contributed by atoms with van der Waals surface area (Å²) in [6, 6.07) is 5.52. The summed E-state index contributed by atoms with van der Waals surface area (Å²) in [6.07, 6.45) is 1.12. The van der Waals surface area contributed by atoms with Gasteiger partial charge in [-0.15, -0.1) is 0 Å². The summed E-state index contributed by atoms with van der Waals surface area (Å²) in [5, 5.41) is 17.0. The molecule has 1 saturated heterocycles. The molecule has 1 aromatic carbocycles. The largest absolute Gasteiger partial charge is 0.476 e. The standard InChI is InChI=1S/C24H31FN4O5/c1-24(2)10-6-7-14(11-24)26-22(31)20-21(34-3)16(25)12-28(20)18(30)13-29-17-9-5-4-8-15(17)19(27-29)23(32)33/h4-5,8-9,14,16,20-21H,6-7,10-13H2,1-3H3,(H,26,31)(H,32,33)/t14-,16+,20+,21-/m1/s1. The lowest BCUT2D eigenvalue weighted by Gasteiger charge is -2.37. The first kappa shape index (κ1) is 24.1. The molecule has 2 fully saturated rings. The number of halogens is 1. The number of likely N-dealkylation sites (tertiary alicyclic amines) is 1. The van der Waals surface area contributed by atoms with Crippen LogP contribution in [0.25, 0.3) is 10.9 Å². The summed E-state index contributed by atoms with van der Waals surface area (Å²) in [4.78, 5) is 39.3. The van der Waals surface area contributed by atoms with Crippen LogP contribution in [0.5, 0.6) is 0 Å². The van der Waals surface area contributed by atoms with Crippen LogP contribution in [0.4, 0.5) is 4.39 Å². The zero-order valence-corrected chi connectivity index (χ0v) is 19.7. The van der Waals surface area contributed by atoms with E-state index in [9.17, 15) is 23.9 Å². The number of aromatic nitrogens is 2. The molecule has 9 nitrogen and oxygen atoms in total. The minimum absolute atomic E-state index is 0.0439. The molecule has 1 aromatic heterocycles. The predicted octanol–water partition coefficient (Wildman–Crippen LogP) is 2.38. The molecular formula is C24H31FN4O5. The van der Waals surface area contributed by atoms with Crippen LogP contribution < -0.4 is 5.32 Å². The van der Waals surface area contributed by atoms with Crippen LogP contribution in [-0.4, -0.2) is 75.6 Å². The SMILES string of the molecule is CO[C@H]1[C@@H](C(=O)N[C@@H]2CCCC(C)(C)C2)N(C(=O)Cn2nc(C(=O)O)c3ccccc32)C[C@@H]1F. The highest BCUT2D eigenvalue weighted by atomic mass is 19.1. The van der Waals surface area contributed by atoms with Crippen molar-refractivity contribution in [2.45, 2.75) is 70.4 Å². The molecule has 10 heteroatoms. The first-order valence-electron chi connectivity index (χ1n) is 11.6. The molecule has 0 spiro atoms. The van der Waals surface area contributed by atoms with Gasteiger partial charge in [-0.2, -0.15) is 5.10 Å². The van der Waals surface area contributed by atoms with E-state index in [2.05, 4.69) is 24.3 Å². The van der Waals surface area contributed by atoms with E-state index in [1.165, 1.54) is 16.7 Å². The summed E-state index contributed by atoms with van der Waals surface area (Å²) in [5.74, 6) is -2.17. The fraction of sp³-hybridized carbons (Fsp3) is 0.583. The van der Waals surface area contributed by atoms with Gasteiger partial charge in [-0.1, -0.05) is 38.5 Å². The second kappa shape index (κ2) is 9.32. The number of hydrogen-bond acceptors (Lipinski definition) is 5. The fourth-order valence-electron chi connectivity index (χ4n) is 5.34. The van der Waals surface area contributed by atoms with Gasteiger partial charge in [-0.05, 0) is 30.7 Å². The monoisotopic (exact) mass is 474 g/mol. The Labute approximate surface area is 197 Å². The molecular weight excluding hydrogens is 443 g/mol. The number of benzene rings is 1. The first-order valence-corrected chi connectivity index (χ1v) is 11.6. The number of alkyl halides is 1. The second-order valence-corrected chi connectivity index (χ2v) is 10.0. The molecule has 184 valence electrons. The zero-order chi connectivity index (χ0) is 24.6. The molecule has 4 atom stereocenters. The molecule has 2 aliphatic rings. The van der Waals surface area contributed by atoms with E-state index in [0.29, 0.717) is 10.9 Å². The highest BCUT2D eigenvalue weighted by molar-refractivity contribution is 6.01. The summed E-state index contributed by atoms with van der Waals surface area (Å²) in [5.41, 5.74) is 0.406. The Kier molecular flexibility index (Phi) is 6.62. The van der Waals surface area contributed by atoms with Gasteiger partial charge in [-0.3, -0.25) is 14.3 Å². The van der Waals surface area contributed by atoms with E-state index >= 15 is 0 Å². The number of fused-ring (bicyclic) bond motifs is 1. The van der Waals surface area contributed by atoms with Gasteiger partial charge < -0.3 is 20.1 Å². The number of nitrogens with zero attached hydrogens (tertiary/aromatic N) is 3. The van der Waals surface area contributed by atoms with E-state index in [-0.39, 0.29) is 30.2 Å². The van der Waals surface area contributed by atoms with Crippen LogP contribution in [0, 0.1) is 5.41 Å². The number of carboxylic acid groups (broad SMARTS) is 1. The van der Waals surface area contributed by atoms with Crippen molar-refractivity contribution in [2.75, 3.05) is 13.7 Å². The van der Waals surface area contributed by atoms with Crippen molar-refractivity contribution in [3.8, 4) is 0 Å². The number of rotatable bonds is 6. The van der Waals surface area contributed by atoms with Crippen molar-refractivity contribution in [1.29, 1.82) is 0 Å². The normalized spacial score (nSPS) is 26.5. The number of methoxy groups -OCH3 is 1. The highest BCUT2D eigenvalue weighted by Gasteiger charge is 2.49. The van der Waals surface area contributed by atoms with Crippen molar-refractivity contribution in [2.24, 2.45) is 5.41 Å². The fourth-order valence-corrected chi connectivity index (χ4v) is 5.34. The van der Waals surface area contributed by atoms with Crippen LogP contribution in [0.2, 0.25) is 0 Å². The number of nitrogens with one attached hydrogen (secondary N) is 1. The van der Waals surface area contributed by atoms with Crippen molar-refractivity contribution >= 4 is 28.7 Å². The van der Waals surface area contributed by atoms with Crippen molar-refractivity contribution in [3.05, 3.63) is 30.0 Å². The van der Waals surface area contributed by atoms with Gasteiger partial charge in [0.2, 0.25) is 11.8 Å². The van der Waals surface area contributed by atoms with Crippen LogP contribution in [0.1, 0.15) is 50.0 Å². The summed E-state index contributed by atoms with van der Waals surface area (Å²) < 4.78 is 21.4. The lowest BCUT2D eigenvalue weighted by Crippen LogP contribution is -2.54. The Balaban J connectivity index is 1.56. The maximum atomic E-state index is 14.8. The van der Waals surface area contributed by atoms with Gasteiger partial charge in [0.25, 0.3) is 0 Å². The van der Waals surface area contributed by atoms with Crippen molar-refractivity contribution in [1.82, 2.24) is 20.0 Å². The number of para-hydroxylation sites is 1. The van der Waals surface area contributed by atoms with Gasteiger partial charge in [0.1, 0.15) is 24.9 Å². The first-order chi connectivity index (χ1) is 16.1. The Bertz CT molecular complexity index is 1100. The molecule has 0 bridgehead atoms. The quantitative estimate of drug-likeness (QED) is 0.665. The predicted molar refractivity (Wildman–Crippen MR) is 122 cm³/mol.